The van der Waals surface area contributed by atoms with Gasteiger partial charge in [0.1, 0.15) is 6.04 Å². The first-order valence-corrected chi connectivity index (χ1v) is 10.7. The molecule has 1 aromatic rings. The quantitative estimate of drug-likeness (QED) is 0.399. The molecule has 2 N–H and O–H groups in total. The zero-order valence-electron chi connectivity index (χ0n) is 17.3. The van der Waals surface area contributed by atoms with Gasteiger partial charge in [-0.1, -0.05) is 6.07 Å². The molecule has 4 aliphatic heterocycles. The standard InChI is InChI=1S/C22H26N4O4.ClH/c27-11-18(28)20-16-9-15(25-7-5-22(6-8-25)12-23-13-22)2-1-14(16)10-26(20)17-3-4-19(29)24-21(17)30;/h1-2,9,11,17,20,23H,3-8,10,12-13H2,(H,24,29,30);1H. The van der Waals surface area contributed by atoms with E-state index in [-0.39, 0.29) is 24.7 Å². The van der Waals surface area contributed by atoms with E-state index in [2.05, 4.69) is 21.6 Å². The molecule has 0 saturated carbocycles. The Morgan fingerprint density at radius 3 is 2.52 bits per heavy atom. The number of anilines is 1. The molecule has 2 unspecified atom stereocenters. The molecule has 2 amide bonds. The monoisotopic (exact) mass is 446 g/mol. The lowest BCUT2D eigenvalue weighted by Crippen LogP contribution is -2.58. The van der Waals surface area contributed by atoms with Crippen molar-refractivity contribution in [2.75, 3.05) is 31.1 Å². The molecule has 3 fully saturated rings. The van der Waals surface area contributed by atoms with Gasteiger partial charge in [0.15, 0.2) is 6.29 Å². The summed E-state index contributed by atoms with van der Waals surface area (Å²) in [6.07, 6.45) is 3.24. The van der Waals surface area contributed by atoms with Crippen LogP contribution in [0.15, 0.2) is 18.2 Å². The molecular weight excluding hydrogens is 420 g/mol. The molecule has 0 aromatic heterocycles. The Bertz CT molecular complexity index is 922. The number of carbonyl (C=O) groups is 4. The number of piperidine rings is 2. The number of nitrogens with one attached hydrogen (secondary N) is 2. The normalized spacial score (nSPS) is 27.2. The molecule has 0 aliphatic carbocycles. The highest BCUT2D eigenvalue weighted by atomic mass is 35.5. The average Bonchev–Trinajstić information content (AvgIpc) is 3.10. The zero-order chi connectivity index (χ0) is 20.9. The summed E-state index contributed by atoms with van der Waals surface area (Å²) in [6.45, 7) is 4.57. The largest absolute Gasteiger partial charge is 0.371 e. The van der Waals surface area contributed by atoms with E-state index in [0.29, 0.717) is 24.7 Å². The van der Waals surface area contributed by atoms with E-state index in [1.54, 1.807) is 4.90 Å². The smallest absolute Gasteiger partial charge is 0.243 e. The zero-order valence-corrected chi connectivity index (χ0v) is 18.1. The third-order valence-electron chi connectivity index (χ3n) is 7.29. The van der Waals surface area contributed by atoms with E-state index in [1.165, 1.54) is 0 Å². The van der Waals surface area contributed by atoms with Gasteiger partial charge in [-0.25, -0.2) is 0 Å². The second-order valence-electron chi connectivity index (χ2n) is 9.04. The van der Waals surface area contributed by atoms with Gasteiger partial charge in [-0.2, -0.15) is 0 Å². The molecule has 1 aromatic carbocycles. The number of halogens is 1. The van der Waals surface area contributed by atoms with Gasteiger partial charge >= 0.3 is 0 Å². The number of benzene rings is 1. The lowest BCUT2D eigenvalue weighted by atomic mass is 9.73. The number of aldehydes is 1. The Labute approximate surface area is 187 Å². The molecule has 0 radical (unpaired) electrons. The summed E-state index contributed by atoms with van der Waals surface area (Å²) in [6, 6.07) is 4.75. The number of hydrogen-bond donors (Lipinski definition) is 2. The predicted molar refractivity (Wildman–Crippen MR) is 116 cm³/mol. The van der Waals surface area contributed by atoms with Crippen molar-refractivity contribution < 1.29 is 19.2 Å². The number of nitrogens with zero attached hydrogens (tertiary/aromatic N) is 2. The molecule has 3 saturated heterocycles. The van der Waals surface area contributed by atoms with Crippen LogP contribution in [-0.4, -0.2) is 61.0 Å². The minimum absolute atomic E-state index is 0. The predicted octanol–water partition coefficient (Wildman–Crippen LogP) is 0.728. The molecule has 4 heterocycles. The van der Waals surface area contributed by atoms with E-state index in [9.17, 15) is 19.2 Å². The Hall–Kier alpha value is -2.29. The fourth-order valence-corrected chi connectivity index (χ4v) is 5.39. The second-order valence-corrected chi connectivity index (χ2v) is 9.04. The number of amides is 2. The summed E-state index contributed by atoms with van der Waals surface area (Å²) in [4.78, 5) is 52.1. The summed E-state index contributed by atoms with van der Waals surface area (Å²) in [7, 11) is 0. The molecule has 31 heavy (non-hydrogen) atoms. The van der Waals surface area contributed by atoms with E-state index >= 15 is 0 Å². The van der Waals surface area contributed by atoms with Crippen LogP contribution in [-0.2, 0) is 25.7 Å². The van der Waals surface area contributed by atoms with Crippen LogP contribution in [0.2, 0.25) is 0 Å². The Kier molecular flexibility index (Phi) is 5.89. The van der Waals surface area contributed by atoms with Crippen molar-refractivity contribution in [3.63, 3.8) is 0 Å². The number of fused-ring (bicyclic) bond motifs is 1. The average molecular weight is 447 g/mol. The Balaban J connectivity index is 0.00000231. The summed E-state index contributed by atoms with van der Waals surface area (Å²) < 4.78 is 0. The van der Waals surface area contributed by atoms with Crippen LogP contribution in [0.25, 0.3) is 0 Å². The Morgan fingerprint density at radius 2 is 1.90 bits per heavy atom. The fraction of sp³-hybridized carbons (Fsp3) is 0.545. The molecule has 0 bridgehead atoms. The van der Waals surface area contributed by atoms with Crippen LogP contribution < -0.4 is 15.5 Å². The highest BCUT2D eigenvalue weighted by Gasteiger charge is 2.44. The molecule has 1 spiro atoms. The minimum atomic E-state index is -0.770. The highest BCUT2D eigenvalue weighted by Crippen LogP contribution is 2.41. The van der Waals surface area contributed by atoms with Crippen LogP contribution in [0, 0.1) is 5.41 Å². The van der Waals surface area contributed by atoms with E-state index in [1.807, 2.05) is 12.1 Å². The molecule has 8 nitrogen and oxygen atoms in total. The SMILES string of the molecule is Cl.O=CC(=O)C1c2cc(N3CCC4(CC3)CNC4)ccc2CN1C1CCC(=O)NC1=O. The van der Waals surface area contributed by atoms with Crippen LogP contribution in [0.3, 0.4) is 0 Å². The van der Waals surface area contributed by atoms with E-state index < -0.39 is 23.8 Å². The topological polar surface area (TPSA) is 98.8 Å². The molecule has 9 heteroatoms. The van der Waals surface area contributed by atoms with Crippen LogP contribution in [0.4, 0.5) is 5.69 Å². The number of ketones is 1. The Morgan fingerprint density at radius 1 is 1.16 bits per heavy atom. The van der Waals surface area contributed by atoms with Gasteiger partial charge in [-0.3, -0.25) is 29.4 Å². The van der Waals surface area contributed by atoms with Crippen molar-refractivity contribution in [3.05, 3.63) is 29.3 Å². The lowest BCUT2D eigenvalue weighted by molar-refractivity contribution is -0.141. The third-order valence-corrected chi connectivity index (χ3v) is 7.29. The molecule has 4 aliphatic rings. The van der Waals surface area contributed by atoms with Crippen LogP contribution >= 0.6 is 12.4 Å². The molecular formula is C22H27ClN4O4. The van der Waals surface area contributed by atoms with Gasteiger partial charge in [-0.15, -0.1) is 12.4 Å². The van der Waals surface area contributed by atoms with Gasteiger partial charge in [0.05, 0.1) is 6.04 Å². The number of imide groups is 1. The third kappa shape index (κ3) is 3.77. The summed E-state index contributed by atoms with van der Waals surface area (Å²) in [5.41, 5.74) is 3.27. The first-order valence-electron chi connectivity index (χ1n) is 10.7. The van der Waals surface area contributed by atoms with Crippen molar-refractivity contribution in [2.24, 2.45) is 5.41 Å². The molecule has 5 rings (SSSR count). The first kappa shape index (κ1) is 21.9. The number of carbonyl (C=O) groups excluding carboxylic acids is 4. The van der Waals surface area contributed by atoms with Gasteiger partial charge < -0.3 is 10.2 Å². The maximum Gasteiger partial charge on any atom is 0.243 e. The van der Waals surface area contributed by atoms with Gasteiger partial charge in [0.25, 0.3) is 0 Å². The van der Waals surface area contributed by atoms with Crippen molar-refractivity contribution in [2.45, 2.75) is 44.3 Å². The van der Waals surface area contributed by atoms with Gasteiger partial charge in [0.2, 0.25) is 17.6 Å². The number of hydrogen-bond acceptors (Lipinski definition) is 7. The summed E-state index contributed by atoms with van der Waals surface area (Å²) in [5.74, 6) is -1.23. The maximum absolute atomic E-state index is 12.6. The maximum atomic E-state index is 12.6. The number of rotatable bonds is 4. The van der Waals surface area contributed by atoms with Crippen LogP contribution in [0.5, 0.6) is 0 Å². The van der Waals surface area contributed by atoms with Crippen LogP contribution in [0.1, 0.15) is 42.9 Å². The fourth-order valence-electron chi connectivity index (χ4n) is 5.39. The first-order chi connectivity index (χ1) is 14.5. The lowest BCUT2D eigenvalue weighted by Gasteiger charge is -2.49. The second kappa shape index (κ2) is 8.33. The highest BCUT2D eigenvalue weighted by molar-refractivity contribution is 6.27. The van der Waals surface area contributed by atoms with Crippen molar-refractivity contribution in [1.82, 2.24) is 15.5 Å². The van der Waals surface area contributed by atoms with E-state index in [0.717, 1.165) is 55.8 Å². The minimum Gasteiger partial charge on any atom is -0.371 e. The summed E-state index contributed by atoms with van der Waals surface area (Å²) >= 11 is 0. The molecule has 2 atom stereocenters. The summed E-state index contributed by atoms with van der Waals surface area (Å²) in [5, 5.41) is 5.74. The molecule has 166 valence electrons. The van der Waals surface area contributed by atoms with Gasteiger partial charge in [0, 0.05) is 44.8 Å². The van der Waals surface area contributed by atoms with Crippen molar-refractivity contribution in [3.8, 4) is 0 Å². The van der Waals surface area contributed by atoms with Crippen molar-refractivity contribution >= 4 is 42.0 Å². The van der Waals surface area contributed by atoms with Gasteiger partial charge in [-0.05, 0) is 47.9 Å². The van der Waals surface area contributed by atoms with E-state index in [4.69, 9.17) is 0 Å². The van der Waals surface area contributed by atoms with Crippen molar-refractivity contribution in [1.29, 1.82) is 0 Å². The number of Topliss-reactive ketones (excluding diaryl/α,β-unsaturated/α-hetero) is 1.